The summed E-state index contributed by atoms with van der Waals surface area (Å²) >= 11 is 0. The van der Waals surface area contributed by atoms with Crippen LogP contribution in [-0.2, 0) is 4.74 Å². The Labute approximate surface area is 98.3 Å². The van der Waals surface area contributed by atoms with Crippen LogP contribution < -0.4 is 0 Å². The maximum absolute atomic E-state index is 12.6. The summed E-state index contributed by atoms with van der Waals surface area (Å²) in [6, 6.07) is -2.04. The van der Waals surface area contributed by atoms with Gasteiger partial charge in [0, 0.05) is 13.7 Å². The highest BCUT2D eigenvalue weighted by Crippen LogP contribution is 2.27. The minimum absolute atomic E-state index is 0.460. The molecule has 0 aliphatic heterocycles. The van der Waals surface area contributed by atoms with Crippen LogP contribution in [0, 0.1) is 0 Å². The lowest BCUT2D eigenvalue weighted by Crippen LogP contribution is -2.48. The minimum Gasteiger partial charge on any atom is -0.444 e. The molecule has 0 saturated heterocycles. The van der Waals surface area contributed by atoms with Crippen molar-refractivity contribution >= 4 is 6.09 Å². The number of halogens is 3. The summed E-state index contributed by atoms with van der Waals surface area (Å²) in [6.45, 7) is 4.03. The van der Waals surface area contributed by atoms with Crippen molar-refractivity contribution in [3.8, 4) is 0 Å². The Morgan fingerprint density at radius 1 is 1.35 bits per heavy atom. The van der Waals surface area contributed by atoms with Crippen LogP contribution in [0.15, 0.2) is 0 Å². The fourth-order valence-corrected chi connectivity index (χ4v) is 1.16. The maximum atomic E-state index is 12.6. The SMILES string of the molecule is CN(C(=O)OC(C)(C)C)C(CCO)C(F)(F)F. The number of alkyl halides is 3. The second-order valence-corrected chi connectivity index (χ2v) is 4.66. The second-order valence-electron chi connectivity index (χ2n) is 4.66. The zero-order chi connectivity index (χ0) is 13.9. The molecule has 0 heterocycles. The van der Waals surface area contributed by atoms with E-state index >= 15 is 0 Å². The molecule has 0 fully saturated rings. The van der Waals surface area contributed by atoms with Crippen LogP contribution in [0.2, 0.25) is 0 Å². The maximum Gasteiger partial charge on any atom is 0.410 e. The third-order valence-corrected chi connectivity index (χ3v) is 1.93. The highest BCUT2D eigenvalue weighted by atomic mass is 19.4. The van der Waals surface area contributed by atoms with E-state index in [-0.39, 0.29) is 0 Å². The lowest BCUT2D eigenvalue weighted by Gasteiger charge is -2.31. The molecular weight excluding hydrogens is 239 g/mol. The first-order valence-electron chi connectivity index (χ1n) is 5.12. The summed E-state index contributed by atoms with van der Waals surface area (Å²) in [5.74, 6) is 0. The van der Waals surface area contributed by atoms with Gasteiger partial charge in [-0.3, -0.25) is 4.90 Å². The smallest absolute Gasteiger partial charge is 0.410 e. The first kappa shape index (κ1) is 16.0. The molecule has 1 unspecified atom stereocenters. The number of hydrogen-bond donors (Lipinski definition) is 1. The van der Waals surface area contributed by atoms with Crippen LogP contribution in [0.1, 0.15) is 27.2 Å². The van der Waals surface area contributed by atoms with Gasteiger partial charge in [0.25, 0.3) is 0 Å². The molecule has 0 aromatic heterocycles. The number of aliphatic hydroxyl groups is 1. The molecule has 7 heteroatoms. The van der Waals surface area contributed by atoms with Crippen LogP contribution in [0.25, 0.3) is 0 Å². The molecule has 102 valence electrons. The third-order valence-electron chi connectivity index (χ3n) is 1.93. The first-order chi connectivity index (χ1) is 7.49. The Morgan fingerprint density at radius 3 is 2.12 bits per heavy atom. The number of aliphatic hydroxyl groups excluding tert-OH is 1. The average Bonchev–Trinajstić information content (AvgIpc) is 2.08. The second kappa shape index (κ2) is 5.57. The Morgan fingerprint density at radius 2 is 1.82 bits per heavy atom. The zero-order valence-electron chi connectivity index (χ0n) is 10.3. The Bertz CT molecular complexity index is 261. The van der Waals surface area contributed by atoms with Crippen molar-refractivity contribution in [1.82, 2.24) is 4.90 Å². The fourth-order valence-electron chi connectivity index (χ4n) is 1.16. The Balaban J connectivity index is 4.73. The van der Waals surface area contributed by atoms with Gasteiger partial charge in [-0.05, 0) is 27.2 Å². The Kier molecular flexibility index (Phi) is 5.25. The van der Waals surface area contributed by atoms with E-state index < -0.39 is 36.9 Å². The molecule has 0 aliphatic carbocycles. The molecule has 17 heavy (non-hydrogen) atoms. The van der Waals surface area contributed by atoms with E-state index in [9.17, 15) is 18.0 Å². The first-order valence-corrected chi connectivity index (χ1v) is 5.12. The molecule has 1 atom stereocenters. The summed E-state index contributed by atoms with van der Waals surface area (Å²) in [6.07, 6.45) is -6.22. The van der Waals surface area contributed by atoms with Gasteiger partial charge in [0.15, 0.2) is 0 Å². The van der Waals surface area contributed by atoms with Crippen LogP contribution in [-0.4, -0.2) is 47.6 Å². The summed E-state index contributed by atoms with van der Waals surface area (Å²) < 4.78 is 42.6. The highest BCUT2D eigenvalue weighted by Gasteiger charge is 2.44. The normalized spacial score (nSPS) is 14.4. The lowest BCUT2D eigenvalue weighted by molar-refractivity contribution is -0.181. The van der Waals surface area contributed by atoms with Crippen LogP contribution >= 0.6 is 0 Å². The largest absolute Gasteiger partial charge is 0.444 e. The molecule has 0 rings (SSSR count). The van der Waals surface area contributed by atoms with Crippen molar-refractivity contribution < 1.29 is 27.8 Å². The molecule has 0 bridgehead atoms. The minimum atomic E-state index is -4.59. The van der Waals surface area contributed by atoms with Gasteiger partial charge in [-0.15, -0.1) is 0 Å². The number of hydrogen-bond acceptors (Lipinski definition) is 3. The predicted molar refractivity (Wildman–Crippen MR) is 55.5 cm³/mol. The van der Waals surface area contributed by atoms with Crippen molar-refractivity contribution in [3.05, 3.63) is 0 Å². The molecule has 1 N–H and O–H groups in total. The summed E-state index contributed by atoms with van der Waals surface area (Å²) in [4.78, 5) is 11.9. The number of ether oxygens (including phenoxy) is 1. The highest BCUT2D eigenvalue weighted by molar-refractivity contribution is 5.68. The van der Waals surface area contributed by atoms with Gasteiger partial charge in [-0.2, -0.15) is 13.2 Å². The number of nitrogens with zero attached hydrogens (tertiary/aromatic N) is 1. The van der Waals surface area contributed by atoms with Crippen LogP contribution in [0.5, 0.6) is 0 Å². The number of carbonyl (C=O) groups is 1. The van der Waals surface area contributed by atoms with E-state index in [0.717, 1.165) is 7.05 Å². The van der Waals surface area contributed by atoms with Gasteiger partial charge in [0.05, 0.1) is 0 Å². The number of rotatable bonds is 3. The molecule has 0 radical (unpaired) electrons. The van der Waals surface area contributed by atoms with Crippen molar-refractivity contribution in [2.24, 2.45) is 0 Å². The number of amides is 1. The summed E-state index contributed by atoms with van der Waals surface area (Å²) in [5, 5.41) is 8.58. The van der Waals surface area contributed by atoms with Gasteiger partial charge in [0.1, 0.15) is 11.6 Å². The summed E-state index contributed by atoms with van der Waals surface area (Å²) in [7, 11) is 1.00. The molecule has 0 saturated carbocycles. The van der Waals surface area contributed by atoms with E-state index in [0.29, 0.717) is 4.90 Å². The van der Waals surface area contributed by atoms with E-state index in [1.807, 2.05) is 0 Å². The van der Waals surface area contributed by atoms with Crippen LogP contribution in [0.3, 0.4) is 0 Å². The molecule has 0 aromatic rings. The standard InChI is InChI=1S/C10H18F3NO3/c1-9(2,3)17-8(16)14(4)7(5-6-15)10(11,12)13/h7,15H,5-6H2,1-4H3. The Hall–Kier alpha value is -0.980. The van der Waals surface area contributed by atoms with Gasteiger partial charge in [0.2, 0.25) is 0 Å². The molecule has 0 aromatic carbocycles. The number of carbonyl (C=O) groups excluding carboxylic acids is 1. The van der Waals surface area contributed by atoms with Gasteiger partial charge in [-0.25, -0.2) is 4.79 Å². The fraction of sp³-hybridized carbons (Fsp3) is 0.900. The van der Waals surface area contributed by atoms with E-state index in [4.69, 9.17) is 9.84 Å². The van der Waals surface area contributed by atoms with Crippen molar-refractivity contribution in [2.75, 3.05) is 13.7 Å². The monoisotopic (exact) mass is 257 g/mol. The van der Waals surface area contributed by atoms with Crippen molar-refractivity contribution in [3.63, 3.8) is 0 Å². The van der Waals surface area contributed by atoms with Crippen molar-refractivity contribution in [1.29, 1.82) is 0 Å². The topological polar surface area (TPSA) is 49.8 Å². The van der Waals surface area contributed by atoms with Crippen molar-refractivity contribution in [2.45, 2.75) is 45.0 Å². The average molecular weight is 257 g/mol. The molecule has 0 aliphatic rings. The molecule has 1 amide bonds. The molecular formula is C10H18F3NO3. The zero-order valence-corrected chi connectivity index (χ0v) is 10.3. The lowest BCUT2D eigenvalue weighted by atomic mass is 10.2. The van der Waals surface area contributed by atoms with Gasteiger partial charge >= 0.3 is 12.3 Å². The molecule has 0 spiro atoms. The van der Waals surface area contributed by atoms with Gasteiger partial charge in [-0.1, -0.05) is 0 Å². The third kappa shape index (κ3) is 5.76. The predicted octanol–water partition coefficient (Wildman–Crippen LogP) is 2.17. The van der Waals surface area contributed by atoms with E-state index in [2.05, 4.69) is 0 Å². The molecule has 4 nitrogen and oxygen atoms in total. The van der Waals surface area contributed by atoms with E-state index in [1.165, 1.54) is 0 Å². The van der Waals surface area contributed by atoms with E-state index in [1.54, 1.807) is 20.8 Å². The van der Waals surface area contributed by atoms with Gasteiger partial charge < -0.3 is 9.84 Å². The quantitative estimate of drug-likeness (QED) is 0.843. The van der Waals surface area contributed by atoms with Crippen LogP contribution in [0.4, 0.5) is 18.0 Å². The summed E-state index contributed by atoms with van der Waals surface area (Å²) in [5.41, 5.74) is -0.860.